The van der Waals surface area contributed by atoms with E-state index >= 15 is 0 Å². The summed E-state index contributed by atoms with van der Waals surface area (Å²) < 4.78 is 57.6. The van der Waals surface area contributed by atoms with Crippen molar-refractivity contribution >= 4 is 65.3 Å². The number of aryl methyl sites for hydroxylation is 2. The molecule has 0 aliphatic heterocycles. The van der Waals surface area contributed by atoms with Crippen molar-refractivity contribution in [3.63, 3.8) is 0 Å². The average Bonchev–Trinajstić information content (AvgIpc) is 3.16. The van der Waals surface area contributed by atoms with Crippen molar-refractivity contribution in [1.82, 2.24) is 10.3 Å². The highest BCUT2D eigenvalue weighted by Gasteiger charge is 2.39. The van der Waals surface area contributed by atoms with E-state index in [2.05, 4.69) is 32.9 Å². The molecule has 0 fully saturated rings. The van der Waals surface area contributed by atoms with Crippen LogP contribution in [-0.2, 0) is 31.3 Å². The zero-order valence-electron chi connectivity index (χ0n) is 20.4. The van der Waals surface area contributed by atoms with Gasteiger partial charge in [0.2, 0.25) is 5.91 Å². The molecule has 1 amide bonds. The highest BCUT2D eigenvalue weighted by atomic mass is 127. The number of anilines is 1. The lowest BCUT2D eigenvalue weighted by Crippen LogP contribution is -2.38. The second-order valence-electron chi connectivity index (χ2n) is 8.71. The van der Waals surface area contributed by atoms with Crippen molar-refractivity contribution in [1.29, 1.82) is 0 Å². The van der Waals surface area contributed by atoms with Crippen LogP contribution >= 0.6 is 22.6 Å². The van der Waals surface area contributed by atoms with Crippen molar-refractivity contribution in [2.75, 3.05) is 10.3 Å². The molecule has 0 spiro atoms. The Bertz CT molecular complexity index is 1600. The Labute approximate surface area is 230 Å². The molecular weight excluding hydrogens is 625 g/mol. The fraction of sp³-hybridized carbons (Fsp3) is 0.192. The van der Waals surface area contributed by atoms with Crippen molar-refractivity contribution < 1.29 is 21.6 Å². The normalized spacial score (nSPS) is 12.0. The summed E-state index contributed by atoms with van der Waals surface area (Å²) in [6, 6.07) is 17.5. The summed E-state index contributed by atoms with van der Waals surface area (Å²) in [6.45, 7) is 5.21. The fourth-order valence-corrected chi connectivity index (χ4v) is 8.14. The number of sulfonamides is 2. The van der Waals surface area contributed by atoms with Gasteiger partial charge in [-0.15, -0.1) is 3.71 Å². The molecule has 1 aromatic heterocycles. The third kappa shape index (κ3) is 5.53. The molecule has 11 heteroatoms. The largest absolute Gasteiger partial charge is 0.356 e. The number of aromatic nitrogens is 1. The van der Waals surface area contributed by atoms with Gasteiger partial charge in [0.05, 0.1) is 9.79 Å². The predicted molar refractivity (Wildman–Crippen MR) is 153 cm³/mol. The van der Waals surface area contributed by atoms with E-state index in [0.29, 0.717) is 20.2 Å². The summed E-state index contributed by atoms with van der Waals surface area (Å²) in [7, 11) is -9.17. The van der Waals surface area contributed by atoms with E-state index in [1.807, 2.05) is 26.0 Å². The molecule has 37 heavy (non-hydrogen) atoms. The van der Waals surface area contributed by atoms with E-state index in [-0.39, 0.29) is 34.5 Å². The summed E-state index contributed by atoms with van der Waals surface area (Å²) in [5.41, 5.74) is 2.72. The van der Waals surface area contributed by atoms with Crippen LogP contribution in [0.2, 0.25) is 0 Å². The second kappa shape index (κ2) is 10.5. The zero-order chi connectivity index (χ0) is 27.0. The van der Waals surface area contributed by atoms with Crippen molar-refractivity contribution in [2.24, 2.45) is 0 Å². The number of amides is 1. The van der Waals surface area contributed by atoms with E-state index in [1.54, 1.807) is 30.3 Å². The molecule has 2 N–H and O–H groups in total. The van der Waals surface area contributed by atoms with E-state index < -0.39 is 20.0 Å². The topological polar surface area (TPSA) is 116 Å². The third-order valence-corrected chi connectivity index (χ3v) is 10.7. The summed E-state index contributed by atoms with van der Waals surface area (Å²) in [6.07, 6.45) is 0.207. The number of carbonyl (C=O) groups is 1. The van der Waals surface area contributed by atoms with Gasteiger partial charge >= 0.3 is 0 Å². The number of aromatic amines is 1. The Kier molecular flexibility index (Phi) is 7.67. The first-order valence-corrected chi connectivity index (χ1v) is 15.4. The van der Waals surface area contributed by atoms with Crippen LogP contribution < -0.4 is 9.03 Å². The molecule has 0 aliphatic carbocycles. The Balaban J connectivity index is 2.01. The van der Waals surface area contributed by atoms with Gasteiger partial charge < -0.3 is 10.3 Å². The van der Waals surface area contributed by atoms with Crippen molar-refractivity contribution in [3.8, 4) is 0 Å². The van der Waals surface area contributed by atoms with Gasteiger partial charge in [-0.3, -0.25) is 4.79 Å². The molecule has 1 heterocycles. The van der Waals surface area contributed by atoms with Gasteiger partial charge in [-0.1, -0.05) is 35.4 Å². The molecule has 0 atom stereocenters. The number of rotatable bonds is 8. The molecule has 4 rings (SSSR count). The van der Waals surface area contributed by atoms with Crippen molar-refractivity contribution in [3.05, 3.63) is 87.0 Å². The van der Waals surface area contributed by atoms with Crippen LogP contribution in [0.3, 0.4) is 0 Å². The number of halogens is 1. The Hall–Kier alpha value is -2.90. The molecule has 0 radical (unpaired) electrons. The number of benzene rings is 3. The Morgan fingerprint density at radius 1 is 0.865 bits per heavy atom. The summed E-state index contributed by atoms with van der Waals surface area (Å²) in [4.78, 5) is 14.3. The molecule has 0 saturated carbocycles. The molecule has 0 bridgehead atoms. The smallest absolute Gasteiger partial charge is 0.278 e. The molecule has 194 valence electrons. The molecule has 8 nitrogen and oxygen atoms in total. The van der Waals surface area contributed by atoms with Crippen LogP contribution in [0.1, 0.15) is 23.6 Å². The molecule has 0 aliphatic rings. The highest BCUT2D eigenvalue weighted by molar-refractivity contribution is 14.1. The van der Waals surface area contributed by atoms with Gasteiger partial charge in [0.25, 0.3) is 20.0 Å². The quantitative estimate of drug-likeness (QED) is 0.269. The number of nitrogens with one attached hydrogen (secondary N) is 2. The molecular formula is C26H26IN3O5S2. The number of carbonyl (C=O) groups excluding carboxylic acids is 1. The minimum atomic E-state index is -4.58. The lowest BCUT2D eigenvalue weighted by Gasteiger charge is -2.24. The number of H-pyrrole nitrogens is 1. The Morgan fingerprint density at radius 2 is 1.38 bits per heavy atom. The standard InChI is InChI=1S/C26H26IN3O5S2/c1-17-4-9-21(10-5-17)36(32,33)30(37(34,35)22-11-6-18(2)7-12-22)26-23(14-15-28-19(3)31)24-16-20(27)8-13-25(24)29-26/h4-13,16,29H,14-15H2,1-3H3,(H,28,31). The van der Waals surface area contributed by atoms with Crippen LogP contribution in [0, 0.1) is 17.4 Å². The molecule has 4 aromatic rings. The number of nitrogens with zero attached hydrogens (tertiary/aromatic N) is 1. The van der Waals surface area contributed by atoms with Crippen LogP contribution in [0.25, 0.3) is 10.9 Å². The first-order valence-electron chi connectivity index (χ1n) is 11.4. The van der Waals surface area contributed by atoms with Crippen LogP contribution in [0.4, 0.5) is 5.82 Å². The van der Waals surface area contributed by atoms with Gasteiger partial charge in [-0.25, -0.2) is 0 Å². The maximum Gasteiger partial charge on any atom is 0.278 e. The van der Waals surface area contributed by atoms with Gasteiger partial charge in [0.1, 0.15) is 5.82 Å². The lowest BCUT2D eigenvalue weighted by molar-refractivity contribution is -0.118. The second-order valence-corrected chi connectivity index (χ2v) is 13.8. The first-order chi connectivity index (χ1) is 17.4. The van der Waals surface area contributed by atoms with E-state index in [0.717, 1.165) is 14.7 Å². The number of fused-ring (bicyclic) bond motifs is 1. The summed E-state index contributed by atoms with van der Waals surface area (Å²) in [5.74, 6) is -0.323. The maximum absolute atomic E-state index is 14.1. The average molecular weight is 652 g/mol. The minimum Gasteiger partial charge on any atom is -0.356 e. The third-order valence-electron chi connectivity index (χ3n) is 5.85. The summed E-state index contributed by atoms with van der Waals surface area (Å²) in [5, 5.41) is 3.39. The van der Waals surface area contributed by atoms with Gasteiger partial charge in [0.15, 0.2) is 0 Å². The monoisotopic (exact) mass is 651 g/mol. The highest BCUT2D eigenvalue weighted by Crippen LogP contribution is 2.37. The van der Waals surface area contributed by atoms with Crippen LogP contribution in [-0.4, -0.2) is 34.3 Å². The SMILES string of the molecule is CC(=O)NCCc1c(N(S(=O)(=O)c2ccc(C)cc2)S(=O)(=O)c2ccc(C)cc2)[nH]c2ccc(I)cc12. The van der Waals surface area contributed by atoms with E-state index in [1.165, 1.54) is 31.2 Å². The fourth-order valence-electron chi connectivity index (χ4n) is 3.96. The zero-order valence-corrected chi connectivity index (χ0v) is 24.2. The lowest BCUT2D eigenvalue weighted by atomic mass is 10.1. The van der Waals surface area contributed by atoms with Crippen molar-refractivity contribution in [2.45, 2.75) is 37.0 Å². The molecule has 0 unspecified atom stereocenters. The van der Waals surface area contributed by atoms with Gasteiger partial charge in [-0.05, 0) is 85.3 Å². The number of hydrogen-bond acceptors (Lipinski definition) is 5. The van der Waals surface area contributed by atoms with E-state index in [9.17, 15) is 21.6 Å². The maximum atomic E-state index is 14.1. The van der Waals surface area contributed by atoms with Gasteiger partial charge in [0, 0.05) is 33.5 Å². The number of hydrogen-bond donors (Lipinski definition) is 2. The van der Waals surface area contributed by atoms with E-state index in [4.69, 9.17) is 0 Å². The van der Waals surface area contributed by atoms with Crippen LogP contribution in [0.5, 0.6) is 0 Å². The van der Waals surface area contributed by atoms with Gasteiger partial charge in [-0.2, -0.15) is 16.8 Å². The molecule has 3 aromatic carbocycles. The predicted octanol–water partition coefficient (Wildman–Crippen LogP) is 4.65. The Morgan fingerprint density at radius 3 is 1.86 bits per heavy atom. The van der Waals surface area contributed by atoms with Crippen LogP contribution in [0.15, 0.2) is 76.5 Å². The molecule has 0 saturated heterocycles. The first kappa shape index (κ1) is 27.1. The minimum absolute atomic E-state index is 0.0801. The summed E-state index contributed by atoms with van der Waals surface area (Å²) >= 11 is 2.14.